The molecule has 0 saturated heterocycles. The summed E-state index contributed by atoms with van der Waals surface area (Å²) in [6, 6.07) is -0.226. The molecule has 0 spiro atoms. The minimum absolute atomic E-state index is 0.0471. The fourth-order valence-electron chi connectivity index (χ4n) is 1.74. The zero-order chi connectivity index (χ0) is 15.4. The van der Waals surface area contributed by atoms with Crippen molar-refractivity contribution in [2.24, 2.45) is 0 Å². The molecule has 0 saturated carbocycles. The van der Waals surface area contributed by atoms with Gasteiger partial charge in [-0.15, -0.1) is 0 Å². The van der Waals surface area contributed by atoms with E-state index in [2.05, 4.69) is 5.32 Å². The second kappa shape index (κ2) is 11.5. The Morgan fingerprint density at radius 1 is 1.25 bits per heavy atom. The smallest absolute Gasteiger partial charge is 0.317 e. The van der Waals surface area contributed by atoms with Crippen LogP contribution in [0.2, 0.25) is 0 Å². The van der Waals surface area contributed by atoms with Crippen LogP contribution < -0.4 is 5.32 Å². The molecule has 7 heteroatoms. The monoisotopic (exact) mass is 290 g/mol. The van der Waals surface area contributed by atoms with Crippen molar-refractivity contribution >= 4 is 12.0 Å². The van der Waals surface area contributed by atoms with E-state index < -0.39 is 5.97 Å². The van der Waals surface area contributed by atoms with E-state index in [1.54, 1.807) is 19.1 Å². The zero-order valence-corrected chi connectivity index (χ0v) is 12.6. The van der Waals surface area contributed by atoms with E-state index in [9.17, 15) is 9.59 Å². The maximum atomic E-state index is 12.0. The quantitative estimate of drug-likeness (QED) is 0.553. The van der Waals surface area contributed by atoms with Crippen LogP contribution >= 0.6 is 0 Å². The Bertz CT molecular complexity index is 286. The van der Waals surface area contributed by atoms with Gasteiger partial charge in [0, 0.05) is 33.7 Å². The highest BCUT2D eigenvalue weighted by atomic mass is 16.5. The van der Waals surface area contributed by atoms with Crippen molar-refractivity contribution in [1.29, 1.82) is 0 Å². The van der Waals surface area contributed by atoms with Gasteiger partial charge in [-0.05, 0) is 19.8 Å². The van der Waals surface area contributed by atoms with Crippen LogP contribution in [0.3, 0.4) is 0 Å². The third-order valence-corrected chi connectivity index (χ3v) is 2.83. The third-order valence-electron chi connectivity index (χ3n) is 2.83. The fraction of sp³-hybridized carbons (Fsp3) is 0.846. The summed E-state index contributed by atoms with van der Waals surface area (Å²) in [5, 5.41) is 11.3. The predicted octanol–water partition coefficient (Wildman–Crippen LogP) is 0.934. The van der Waals surface area contributed by atoms with Gasteiger partial charge < -0.3 is 24.8 Å². The van der Waals surface area contributed by atoms with Crippen molar-refractivity contribution in [2.45, 2.75) is 32.2 Å². The Morgan fingerprint density at radius 2 is 1.95 bits per heavy atom. The third kappa shape index (κ3) is 8.71. The Labute approximate surface area is 120 Å². The van der Waals surface area contributed by atoms with Crippen LogP contribution in [0.15, 0.2) is 0 Å². The fourth-order valence-corrected chi connectivity index (χ4v) is 1.74. The van der Waals surface area contributed by atoms with Gasteiger partial charge in [-0.2, -0.15) is 0 Å². The van der Waals surface area contributed by atoms with Crippen LogP contribution in [-0.4, -0.2) is 68.6 Å². The van der Waals surface area contributed by atoms with Crippen LogP contribution in [0.1, 0.15) is 26.2 Å². The minimum atomic E-state index is -0.813. The summed E-state index contributed by atoms with van der Waals surface area (Å²) < 4.78 is 10.0. The lowest BCUT2D eigenvalue weighted by molar-refractivity contribution is -0.137. The van der Waals surface area contributed by atoms with Gasteiger partial charge in [0.25, 0.3) is 0 Å². The second-order valence-electron chi connectivity index (χ2n) is 4.57. The molecule has 0 aromatic carbocycles. The molecule has 0 heterocycles. The topological polar surface area (TPSA) is 88.1 Å². The van der Waals surface area contributed by atoms with Gasteiger partial charge in [0.2, 0.25) is 0 Å². The number of rotatable bonds is 11. The normalized spacial score (nSPS) is 11.9. The SMILES string of the molecule is COCCN(C(=O)NCCCCC(=O)O)C(C)COC. The number of hydrogen-bond acceptors (Lipinski definition) is 4. The molecule has 0 aliphatic carbocycles. The van der Waals surface area contributed by atoms with Crippen molar-refractivity contribution in [3.63, 3.8) is 0 Å². The Hall–Kier alpha value is -1.34. The van der Waals surface area contributed by atoms with Crippen LogP contribution in [-0.2, 0) is 14.3 Å². The standard InChI is InChI=1S/C13H26N2O5/c1-11(10-20-3)15(8-9-19-2)13(18)14-7-5-4-6-12(16)17/h11H,4-10H2,1-3H3,(H,14,18)(H,16,17). The maximum Gasteiger partial charge on any atom is 0.317 e. The first-order chi connectivity index (χ1) is 9.52. The molecule has 0 aromatic rings. The summed E-state index contributed by atoms with van der Waals surface area (Å²) >= 11 is 0. The maximum absolute atomic E-state index is 12.0. The summed E-state index contributed by atoms with van der Waals surface area (Å²) in [6.07, 6.45) is 1.33. The van der Waals surface area contributed by atoms with Gasteiger partial charge >= 0.3 is 12.0 Å². The van der Waals surface area contributed by atoms with Crippen LogP contribution in [0, 0.1) is 0 Å². The van der Waals surface area contributed by atoms with E-state index in [0.29, 0.717) is 39.1 Å². The molecule has 0 bridgehead atoms. The molecule has 1 atom stereocenters. The number of carboxylic acid groups (broad SMARTS) is 1. The summed E-state index contributed by atoms with van der Waals surface area (Å²) in [7, 11) is 3.18. The van der Waals surface area contributed by atoms with E-state index in [-0.39, 0.29) is 18.5 Å². The predicted molar refractivity (Wildman–Crippen MR) is 74.8 cm³/mol. The number of methoxy groups -OCH3 is 2. The molecule has 2 N–H and O–H groups in total. The molecular weight excluding hydrogens is 264 g/mol. The highest BCUT2D eigenvalue weighted by Gasteiger charge is 2.19. The lowest BCUT2D eigenvalue weighted by Gasteiger charge is -2.28. The van der Waals surface area contributed by atoms with Gasteiger partial charge in [0.05, 0.1) is 19.3 Å². The lowest BCUT2D eigenvalue weighted by atomic mass is 10.2. The molecule has 2 amide bonds. The van der Waals surface area contributed by atoms with Crippen molar-refractivity contribution in [1.82, 2.24) is 10.2 Å². The summed E-state index contributed by atoms with van der Waals surface area (Å²) in [5.41, 5.74) is 0. The van der Waals surface area contributed by atoms with Gasteiger partial charge in [-0.1, -0.05) is 0 Å². The molecule has 118 valence electrons. The van der Waals surface area contributed by atoms with E-state index >= 15 is 0 Å². The molecule has 20 heavy (non-hydrogen) atoms. The summed E-state index contributed by atoms with van der Waals surface area (Å²) in [5.74, 6) is -0.813. The number of nitrogens with zero attached hydrogens (tertiary/aromatic N) is 1. The van der Waals surface area contributed by atoms with E-state index in [0.717, 1.165) is 0 Å². The van der Waals surface area contributed by atoms with Gasteiger partial charge in [-0.3, -0.25) is 4.79 Å². The van der Waals surface area contributed by atoms with Crippen molar-refractivity contribution in [3.05, 3.63) is 0 Å². The van der Waals surface area contributed by atoms with Crippen molar-refractivity contribution < 1.29 is 24.2 Å². The number of ether oxygens (including phenoxy) is 2. The molecule has 0 aliphatic rings. The first-order valence-corrected chi connectivity index (χ1v) is 6.77. The Kier molecular flexibility index (Phi) is 10.7. The van der Waals surface area contributed by atoms with Gasteiger partial charge in [0.1, 0.15) is 0 Å². The van der Waals surface area contributed by atoms with Gasteiger partial charge in [-0.25, -0.2) is 4.79 Å². The Balaban J connectivity index is 4.09. The first kappa shape index (κ1) is 18.7. The molecular formula is C13H26N2O5. The molecule has 7 nitrogen and oxygen atoms in total. The number of carbonyl (C=O) groups is 2. The summed E-state index contributed by atoms with van der Waals surface area (Å²) in [6.45, 7) is 3.77. The summed E-state index contributed by atoms with van der Waals surface area (Å²) in [4.78, 5) is 24.1. The number of carbonyl (C=O) groups excluding carboxylic acids is 1. The number of unbranched alkanes of at least 4 members (excludes halogenated alkanes) is 1. The highest BCUT2D eigenvalue weighted by molar-refractivity contribution is 5.74. The van der Waals surface area contributed by atoms with E-state index in [4.69, 9.17) is 14.6 Å². The van der Waals surface area contributed by atoms with E-state index in [1.807, 2.05) is 6.92 Å². The molecule has 0 rings (SSSR count). The number of hydrogen-bond donors (Lipinski definition) is 2. The molecule has 0 aliphatic heterocycles. The highest BCUT2D eigenvalue weighted by Crippen LogP contribution is 2.01. The van der Waals surface area contributed by atoms with Gasteiger partial charge in [0.15, 0.2) is 0 Å². The largest absolute Gasteiger partial charge is 0.481 e. The van der Waals surface area contributed by atoms with Crippen LogP contribution in [0.25, 0.3) is 0 Å². The zero-order valence-electron chi connectivity index (χ0n) is 12.6. The van der Waals surface area contributed by atoms with Crippen molar-refractivity contribution in [2.75, 3.05) is 40.5 Å². The minimum Gasteiger partial charge on any atom is -0.481 e. The number of urea groups is 1. The number of carboxylic acids is 1. The molecule has 1 unspecified atom stereocenters. The number of aliphatic carboxylic acids is 1. The average molecular weight is 290 g/mol. The van der Waals surface area contributed by atoms with Crippen LogP contribution in [0.4, 0.5) is 4.79 Å². The number of nitrogens with one attached hydrogen (secondary N) is 1. The molecule has 0 fully saturated rings. The Morgan fingerprint density at radius 3 is 2.50 bits per heavy atom. The average Bonchev–Trinajstić information content (AvgIpc) is 2.38. The number of amides is 2. The molecule has 0 radical (unpaired) electrons. The molecule has 0 aromatic heterocycles. The van der Waals surface area contributed by atoms with Crippen LogP contribution in [0.5, 0.6) is 0 Å². The first-order valence-electron chi connectivity index (χ1n) is 6.77. The second-order valence-corrected chi connectivity index (χ2v) is 4.57. The van der Waals surface area contributed by atoms with Crippen molar-refractivity contribution in [3.8, 4) is 0 Å². The lowest BCUT2D eigenvalue weighted by Crippen LogP contribution is -2.48. The van der Waals surface area contributed by atoms with E-state index in [1.165, 1.54) is 0 Å².